The number of rotatable bonds is 2. The quantitative estimate of drug-likeness (QED) is 0.861. The molecule has 18 heavy (non-hydrogen) atoms. The van der Waals surface area contributed by atoms with Crippen LogP contribution in [-0.4, -0.2) is 48.2 Å². The van der Waals surface area contributed by atoms with Crippen LogP contribution in [0.15, 0.2) is 17.3 Å². The first kappa shape index (κ1) is 12.1. The Bertz CT molecular complexity index is 498. The summed E-state index contributed by atoms with van der Waals surface area (Å²) in [4.78, 5) is 0. The van der Waals surface area contributed by atoms with Gasteiger partial charge in [-0.1, -0.05) is 12.8 Å². The molecular weight excluding hydrogens is 254 g/mol. The molecule has 2 unspecified atom stereocenters. The summed E-state index contributed by atoms with van der Waals surface area (Å²) >= 11 is 0. The predicted molar refractivity (Wildman–Crippen MR) is 64.5 cm³/mol. The minimum Gasteiger partial charge on any atom is -0.375 e. The number of nitrogens with zero attached hydrogens (tertiary/aromatic N) is 2. The van der Waals surface area contributed by atoms with E-state index < -0.39 is 10.0 Å². The number of sulfonamides is 1. The molecule has 6 nitrogen and oxygen atoms in total. The summed E-state index contributed by atoms with van der Waals surface area (Å²) in [6.45, 7) is 0.914. The Kier molecular flexibility index (Phi) is 3.13. The smallest absolute Gasteiger partial charge is 0.260 e. The van der Waals surface area contributed by atoms with Gasteiger partial charge in [-0.05, 0) is 18.9 Å². The predicted octanol–water partition coefficient (Wildman–Crippen LogP) is 0.742. The number of fused-ring (bicyclic) bond motifs is 1. The summed E-state index contributed by atoms with van der Waals surface area (Å²) in [5.41, 5.74) is 0. The van der Waals surface area contributed by atoms with Gasteiger partial charge in [0.2, 0.25) is 0 Å². The van der Waals surface area contributed by atoms with Gasteiger partial charge in [0, 0.05) is 6.54 Å². The van der Waals surface area contributed by atoms with Crippen LogP contribution in [0.3, 0.4) is 0 Å². The number of aromatic amines is 1. The molecule has 1 saturated carbocycles. The molecular formula is C11H17N3O3S. The Labute approximate surface area is 106 Å². The highest BCUT2D eigenvalue weighted by Gasteiger charge is 2.41. The van der Waals surface area contributed by atoms with Crippen LogP contribution in [0.2, 0.25) is 0 Å². The van der Waals surface area contributed by atoms with Crippen molar-refractivity contribution < 1.29 is 13.2 Å². The molecule has 0 radical (unpaired) electrons. The average Bonchev–Trinajstić information content (AvgIpc) is 2.92. The van der Waals surface area contributed by atoms with Crippen LogP contribution in [-0.2, 0) is 14.8 Å². The molecule has 2 heterocycles. The minimum atomic E-state index is -3.45. The summed E-state index contributed by atoms with van der Waals surface area (Å²) in [7, 11) is -3.45. The Balaban J connectivity index is 1.90. The monoisotopic (exact) mass is 271 g/mol. The van der Waals surface area contributed by atoms with Crippen LogP contribution in [0.25, 0.3) is 0 Å². The lowest BCUT2D eigenvalue weighted by Crippen LogP contribution is -2.54. The van der Waals surface area contributed by atoms with E-state index in [0.29, 0.717) is 13.2 Å². The molecule has 1 N–H and O–H groups in total. The number of ether oxygens (including phenoxy) is 1. The van der Waals surface area contributed by atoms with Crippen molar-refractivity contribution in [1.82, 2.24) is 14.5 Å². The molecule has 0 spiro atoms. The highest BCUT2D eigenvalue weighted by Crippen LogP contribution is 2.31. The molecule has 0 aromatic carbocycles. The van der Waals surface area contributed by atoms with E-state index in [2.05, 4.69) is 10.2 Å². The number of hydrogen-bond donors (Lipinski definition) is 1. The van der Waals surface area contributed by atoms with E-state index in [-0.39, 0.29) is 17.2 Å². The van der Waals surface area contributed by atoms with Crippen molar-refractivity contribution in [2.24, 2.45) is 0 Å². The fourth-order valence-electron chi connectivity index (χ4n) is 2.87. The van der Waals surface area contributed by atoms with E-state index in [1.165, 1.54) is 12.3 Å². The van der Waals surface area contributed by atoms with Crippen LogP contribution in [0.4, 0.5) is 0 Å². The van der Waals surface area contributed by atoms with Gasteiger partial charge in [-0.15, -0.1) is 0 Å². The third kappa shape index (κ3) is 1.96. The lowest BCUT2D eigenvalue weighted by atomic mass is 9.91. The molecule has 2 atom stereocenters. The molecule has 1 aliphatic heterocycles. The average molecular weight is 271 g/mol. The molecule has 2 fully saturated rings. The number of H-pyrrole nitrogens is 1. The second-order valence-electron chi connectivity index (χ2n) is 4.80. The van der Waals surface area contributed by atoms with Crippen LogP contribution < -0.4 is 0 Å². The Hall–Kier alpha value is -0.920. The fourth-order valence-corrected chi connectivity index (χ4v) is 4.44. The van der Waals surface area contributed by atoms with Crippen LogP contribution in [0, 0.1) is 0 Å². The van der Waals surface area contributed by atoms with Gasteiger partial charge in [0.1, 0.15) is 0 Å². The third-order valence-electron chi connectivity index (χ3n) is 3.74. The number of hydrogen-bond acceptors (Lipinski definition) is 4. The number of aromatic nitrogens is 2. The molecule has 1 aliphatic carbocycles. The first-order valence-corrected chi connectivity index (χ1v) is 7.76. The molecule has 0 amide bonds. The largest absolute Gasteiger partial charge is 0.375 e. The van der Waals surface area contributed by atoms with E-state index in [4.69, 9.17) is 4.74 Å². The van der Waals surface area contributed by atoms with E-state index in [0.717, 1.165) is 25.7 Å². The molecule has 1 saturated heterocycles. The minimum absolute atomic E-state index is 0.0131. The zero-order valence-electron chi connectivity index (χ0n) is 10.1. The van der Waals surface area contributed by atoms with Gasteiger partial charge in [0.05, 0.1) is 24.9 Å². The SMILES string of the molecule is O=S(=O)(c1ccn[nH]1)N1CCOC2CCCCC21. The summed E-state index contributed by atoms with van der Waals surface area (Å²) in [6, 6.07) is 1.49. The van der Waals surface area contributed by atoms with Crippen LogP contribution in [0.1, 0.15) is 25.7 Å². The molecule has 1 aromatic heterocycles. The summed E-state index contributed by atoms with van der Waals surface area (Å²) in [6.07, 6.45) is 5.56. The number of morpholine rings is 1. The highest BCUT2D eigenvalue weighted by molar-refractivity contribution is 7.89. The van der Waals surface area contributed by atoms with E-state index in [1.54, 1.807) is 4.31 Å². The second kappa shape index (κ2) is 4.64. The van der Waals surface area contributed by atoms with Gasteiger partial charge in [-0.3, -0.25) is 5.10 Å². The zero-order chi connectivity index (χ0) is 12.6. The van der Waals surface area contributed by atoms with Crippen LogP contribution >= 0.6 is 0 Å². The first-order valence-electron chi connectivity index (χ1n) is 6.32. The van der Waals surface area contributed by atoms with Gasteiger partial charge in [-0.25, -0.2) is 8.42 Å². The third-order valence-corrected chi connectivity index (χ3v) is 5.60. The first-order chi connectivity index (χ1) is 8.69. The van der Waals surface area contributed by atoms with Crippen molar-refractivity contribution >= 4 is 10.0 Å². The lowest BCUT2D eigenvalue weighted by Gasteiger charge is -2.42. The van der Waals surface area contributed by atoms with Crippen molar-refractivity contribution in [3.05, 3.63) is 12.3 Å². The molecule has 100 valence electrons. The maximum Gasteiger partial charge on any atom is 0.260 e. The normalized spacial score (nSPS) is 30.0. The van der Waals surface area contributed by atoms with Crippen molar-refractivity contribution in [2.75, 3.05) is 13.2 Å². The summed E-state index contributed by atoms with van der Waals surface area (Å²) in [5.74, 6) is 0. The van der Waals surface area contributed by atoms with Gasteiger partial charge in [-0.2, -0.15) is 9.40 Å². The number of nitrogens with one attached hydrogen (secondary N) is 1. The van der Waals surface area contributed by atoms with Gasteiger partial charge >= 0.3 is 0 Å². The molecule has 2 aliphatic rings. The Morgan fingerprint density at radius 1 is 1.39 bits per heavy atom. The summed E-state index contributed by atoms with van der Waals surface area (Å²) < 4.78 is 32.3. The maximum atomic E-state index is 12.5. The molecule has 7 heteroatoms. The highest BCUT2D eigenvalue weighted by atomic mass is 32.2. The van der Waals surface area contributed by atoms with Crippen molar-refractivity contribution in [3.63, 3.8) is 0 Å². The Morgan fingerprint density at radius 2 is 2.22 bits per heavy atom. The van der Waals surface area contributed by atoms with Crippen molar-refractivity contribution in [1.29, 1.82) is 0 Å². The van der Waals surface area contributed by atoms with Crippen molar-refractivity contribution in [3.8, 4) is 0 Å². The maximum absolute atomic E-state index is 12.5. The second-order valence-corrected chi connectivity index (χ2v) is 6.66. The van der Waals surface area contributed by atoms with Gasteiger partial charge in [0.25, 0.3) is 10.0 Å². The van der Waals surface area contributed by atoms with E-state index >= 15 is 0 Å². The molecule has 3 rings (SSSR count). The van der Waals surface area contributed by atoms with Gasteiger partial charge < -0.3 is 4.74 Å². The zero-order valence-corrected chi connectivity index (χ0v) is 10.9. The van der Waals surface area contributed by atoms with Gasteiger partial charge in [0.15, 0.2) is 5.03 Å². The lowest BCUT2D eigenvalue weighted by molar-refractivity contribution is -0.0586. The Morgan fingerprint density at radius 3 is 3.00 bits per heavy atom. The van der Waals surface area contributed by atoms with E-state index in [1.807, 2.05) is 0 Å². The fraction of sp³-hybridized carbons (Fsp3) is 0.727. The topological polar surface area (TPSA) is 75.3 Å². The van der Waals surface area contributed by atoms with E-state index in [9.17, 15) is 8.42 Å². The van der Waals surface area contributed by atoms with Crippen molar-refractivity contribution in [2.45, 2.75) is 42.9 Å². The van der Waals surface area contributed by atoms with Crippen LogP contribution in [0.5, 0.6) is 0 Å². The molecule has 0 bridgehead atoms. The summed E-state index contributed by atoms with van der Waals surface area (Å²) in [5, 5.41) is 6.45. The standard InChI is InChI=1S/C11H17N3O3S/c15-18(16,11-5-6-12-13-11)14-7-8-17-10-4-2-1-3-9(10)14/h5-6,9-10H,1-4,7-8H2,(H,12,13). The molecule has 1 aromatic rings.